The fourth-order valence-corrected chi connectivity index (χ4v) is 5.77. The zero-order valence-electron chi connectivity index (χ0n) is 25.4. The Kier molecular flexibility index (Phi) is 9.18. The molecule has 0 radical (unpaired) electrons. The lowest BCUT2D eigenvalue weighted by Crippen LogP contribution is -2.16. The van der Waals surface area contributed by atoms with E-state index in [1.165, 1.54) is 0 Å². The van der Waals surface area contributed by atoms with E-state index < -0.39 is 11.9 Å². The highest BCUT2D eigenvalue weighted by atomic mass is 16.4. The van der Waals surface area contributed by atoms with Crippen molar-refractivity contribution in [2.75, 3.05) is 0 Å². The minimum absolute atomic E-state index is 0.0721. The Morgan fingerprint density at radius 2 is 1.53 bits per heavy atom. The number of amides is 2. The number of H-pyrrole nitrogens is 2. The second kappa shape index (κ2) is 12.6. The number of aromatic amines is 2. The molecule has 2 aromatic rings. The predicted octanol–water partition coefficient (Wildman–Crippen LogP) is 3.36. The highest BCUT2D eigenvalue weighted by Crippen LogP contribution is 2.29. The van der Waals surface area contributed by atoms with Crippen LogP contribution < -0.4 is 16.0 Å². The van der Waals surface area contributed by atoms with Crippen LogP contribution in [0.25, 0.3) is 18.2 Å². The quantitative estimate of drug-likeness (QED) is 0.286. The summed E-state index contributed by atoms with van der Waals surface area (Å²) in [5.41, 5.74) is 8.40. The molecule has 1 atom stereocenters. The minimum Gasteiger partial charge on any atom is -0.481 e. The van der Waals surface area contributed by atoms with Crippen molar-refractivity contribution in [3.05, 3.63) is 72.8 Å². The minimum atomic E-state index is -0.923. The van der Waals surface area contributed by atoms with E-state index in [1.807, 2.05) is 65.8 Å². The molecule has 4 rings (SSSR count). The zero-order valence-corrected chi connectivity index (χ0v) is 25.4. The van der Waals surface area contributed by atoms with Crippen molar-refractivity contribution in [2.45, 2.75) is 73.6 Å². The van der Waals surface area contributed by atoms with Gasteiger partial charge in [0.2, 0.25) is 5.91 Å². The van der Waals surface area contributed by atoms with Gasteiger partial charge in [-0.2, -0.15) is 0 Å². The smallest absolute Gasteiger partial charge is 0.303 e. The Hall–Kier alpha value is -4.73. The topological polar surface area (TPSA) is 165 Å². The molecule has 2 aromatic heterocycles. The number of hydrogen-bond acceptors (Lipinski definition) is 4. The Bertz CT molecular complexity index is 1780. The molecule has 2 aliphatic heterocycles. The summed E-state index contributed by atoms with van der Waals surface area (Å²) in [7, 11) is 0. The molecule has 1 saturated heterocycles. The zero-order chi connectivity index (χ0) is 31.6. The molecule has 43 heavy (non-hydrogen) atoms. The maximum Gasteiger partial charge on any atom is 0.303 e. The summed E-state index contributed by atoms with van der Waals surface area (Å²) in [4.78, 5) is 58.8. The Labute approximate surface area is 249 Å². The van der Waals surface area contributed by atoms with Crippen LogP contribution in [0.15, 0.2) is 33.5 Å². The van der Waals surface area contributed by atoms with Crippen LogP contribution in [-0.2, 0) is 32.0 Å². The van der Waals surface area contributed by atoms with Gasteiger partial charge in [-0.1, -0.05) is 13.0 Å². The largest absolute Gasteiger partial charge is 0.481 e. The first-order valence-corrected chi connectivity index (χ1v) is 14.4. The normalized spacial score (nSPS) is 19.8. The second-order valence-electron chi connectivity index (χ2n) is 11.0. The number of nitrogens with one attached hydrogen (secondary N) is 3. The third-order valence-corrected chi connectivity index (χ3v) is 8.35. The highest BCUT2D eigenvalue weighted by Gasteiger charge is 2.29. The van der Waals surface area contributed by atoms with Crippen LogP contribution in [0.4, 0.5) is 0 Å². The van der Waals surface area contributed by atoms with Crippen molar-refractivity contribution in [3.8, 4) is 0 Å². The lowest BCUT2D eigenvalue weighted by molar-refractivity contribution is -0.138. The Balaban J connectivity index is 1.91. The maximum atomic E-state index is 12.3. The molecule has 10 heteroatoms. The van der Waals surface area contributed by atoms with Gasteiger partial charge in [0, 0.05) is 46.2 Å². The molecule has 0 spiro atoms. The number of nitrogens with zero attached hydrogens (tertiary/aromatic N) is 1. The number of carboxylic acids is 2. The van der Waals surface area contributed by atoms with E-state index in [1.54, 1.807) is 0 Å². The van der Waals surface area contributed by atoms with E-state index in [-0.39, 0.29) is 43.4 Å². The molecular formula is C33H38N4O6. The first-order chi connectivity index (χ1) is 20.4. The molecule has 0 saturated carbocycles. The van der Waals surface area contributed by atoms with Gasteiger partial charge in [-0.25, -0.2) is 4.99 Å². The van der Waals surface area contributed by atoms with Gasteiger partial charge in [0.1, 0.15) is 0 Å². The van der Waals surface area contributed by atoms with Crippen molar-refractivity contribution in [1.29, 1.82) is 0 Å². The third kappa shape index (κ3) is 6.38. The number of aromatic nitrogens is 2. The van der Waals surface area contributed by atoms with Crippen LogP contribution in [0, 0.1) is 19.8 Å². The van der Waals surface area contributed by atoms with Crippen LogP contribution >= 0.6 is 0 Å². The summed E-state index contributed by atoms with van der Waals surface area (Å²) < 4.78 is 0. The van der Waals surface area contributed by atoms with Crippen LogP contribution in [0.3, 0.4) is 0 Å². The maximum absolute atomic E-state index is 12.3. The summed E-state index contributed by atoms with van der Waals surface area (Å²) in [6.07, 6.45) is 8.45. The fourth-order valence-electron chi connectivity index (χ4n) is 5.77. The number of aliphatic imine (C=N–C) groups is 1. The molecule has 226 valence electrons. The van der Waals surface area contributed by atoms with Crippen LogP contribution in [0.2, 0.25) is 0 Å². The van der Waals surface area contributed by atoms with Crippen molar-refractivity contribution >= 4 is 47.7 Å². The third-order valence-electron chi connectivity index (χ3n) is 8.35. The number of aliphatic carboxylic acids is 2. The summed E-state index contributed by atoms with van der Waals surface area (Å²) >= 11 is 0. The molecule has 1 fully saturated rings. The summed E-state index contributed by atoms with van der Waals surface area (Å²) in [5, 5.41) is 23.2. The average molecular weight is 587 g/mol. The van der Waals surface area contributed by atoms with Crippen LogP contribution in [0.5, 0.6) is 0 Å². The van der Waals surface area contributed by atoms with Gasteiger partial charge < -0.3 is 25.5 Å². The van der Waals surface area contributed by atoms with E-state index in [9.17, 15) is 29.4 Å². The molecule has 4 heterocycles. The van der Waals surface area contributed by atoms with Gasteiger partial charge in [0.05, 0.1) is 11.6 Å². The average Bonchev–Trinajstić information content (AvgIpc) is 3.59. The van der Waals surface area contributed by atoms with E-state index in [0.717, 1.165) is 39.1 Å². The summed E-state index contributed by atoms with van der Waals surface area (Å²) in [5.74, 6) is -2.44. The van der Waals surface area contributed by atoms with Gasteiger partial charge in [-0.05, 0) is 106 Å². The van der Waals surface area contributed by atoms with Crippen molar-refractivity contribution < 1.29 is 29.4 Å². The van der Waals surface area contributed by atoms with E-state index in [4.69, 9.17) is 0 Å². The number of carboxylic acid groups (broad SMARTS) is 2. The summed E-state index contributed by atoms with van der Waals surface area (Å²) in [6, 6.07) is 0. The Morgan fingerprint density at radius 3 is 2.12 bits per heavy atom. The highest BCUT2D eigenvalue weighted by molar-refractivity contribution is 6.30. The summed E-state index contributed by atoms with van der Waals surface area (Å²) in [6.45, 7) is 11.3. The number of rotatable bonds is 10. The first kappa shape index (κ1) is 31.2. The van der Waals surface area contributed by atoms with Crippen molar-refractivity contribution in [2.24, 2.45) is 10.9 Å². The van der Waals surface area contributed by atoms with Gasteiger partial charge in [-0.3, -0.25) is 19.2 Å². The standard InChI is InChI=1S/C33H38N4O6/c1-7-20-19(6)32(42)37-27(20)14-25-18(5)23(10-12-31(40)41)29(35-25)15-28-22(9-11-30(38)39)17(4)24(34-28)13-26-16(3)21(8-2)33(43)36-26/h7,13-15,19,34-35H,8-12H2,1-6H3,(H,37,42)(H,38,39)(H,40,41)/b20-7?,24-13?,27-14+,28-15+/t19-/m0/s1. The lowest BCUT2D eigenvalue weighted by Gasteiger charge is -2.03. The number of allylic oxidation sites excluding steroid dienone is 3. The molecule has 0 aliphatic carbocycles. The van der Waals surface area contributed by atoms with Crippen molar-refractivity contribution in [3.63, 3.8) is 0 Å². The van der Waals surface area contributed by atoms with E-state index in [0.29, 0.717) is 39.8 Å². The number of carbonyl (C=O) groups is 4. The fraction of sp³-hybridized carbons (Fsp3) is 0.364. The molecule has 0 unspecified atom stereocenters. The number of carbonyl (C=O) groups excluding carboxylic acids is 2. The number of hydrogen-bond donors (Lipinski definition) is 5. The predicted molar refractivity (Wildman–Crippen MR) is 165 cm³/mol. The first-order valence-electron chi connectivity index (χ1n) is 14.4. The monoisotopic (exact) mass is 586 g/mol. The van der Waals surface area contributed by atoms with Crippen LogP contribution in [-0.4, -0.2) is 49.6 Å². The van der Waals surface area contributed by atoms with Crippen molar-refractivity contribution in [1.82, 2.24) is 15.3 Å². The van der Waals surface area contributed by atoms with Crippen LogP contribution in [0.1, 0.15) is 80.6 Å². The molecule has 5 N–H and O–H groups in total. The molecule has 2 amide bonds. The van der Waals surface area contributed by atoms with Gasteiger partial charge in [0.25, 0.3) is 5.91 Å². The molecule has 0 aromatic carbocycles. The van der Waals surface area contributed by atoms with Gasteiger partial charge in [-0.15, -0.1) is 0 Å². The SMILES string of the molecule is CC=C1/C(=C\c2[nH]c(/C=c3/[nH]c(=CC4=NC(=O)C(CC)=C4C)c(C)c3CCC(=O)O)c(CCC(=O)O)c2C)NC(=O)[C@H]1C. The second-order valence-corrected chi connectivity index (χ2v) is 11.0. The molecular weight excluding hydrogens is 548 g/mol. The van der Waals surface area contributed by atoms with Gasteiger partial charge >= 0.3 is 11.9 Å². The van der Waals surface area contributed by atoms with Gasteiger partial charge in [0.15, 0.2) is 0 Å². The molecule has 2 aliphatic rings. The lowest BCUT2D eigenvalue weighted by atomic mass is 10.00. The van der Waals surface area contributed by atoms with E-state index in [2.05, 4.69) is 20.3 Å². The molecule has 10 nitrogen and oxygen atoms in total. The Morgan fingerprint density at radius 1 is 0.884 bits per heavy atom. The van der Waals surface area contributed by atoms with E-state index >= 15 is 0 Å². The molecule has 0 bridgehead atoms.